The molecule has 1 aliphatic heterocycles. The van der Waals surface area contributed by atoms with Crippen molar-refractivity contribution in [3.63, 3.8) is 0 Å². The van der Waals surface area contributed by atoms with Gasteiger partial charge >= 0.3 is 0 Å². The zero-order valence-electron chi connectivity index (χ0n) is 8.48. The molecule has 1 saturated heterocycles. The van der Waals surface area contributed by atoms with Gasteiger partial charge in [-0.1, -0.05) is 20.8 Å². The standard InChI is InChI=1S/C10H19NO/c1-7-5-6-8(11-7)9(12)10(2,3)4/h7-8,11H,5-6H2,1-4H3/t7-,8+/m1/s1. The van der Waals surface area contributed by atoms with Crippen LogP contribution >= 0.6 is 0 Å². The number of nitrogens with one attached hydrogen (secondary N) is 1. The van der Waals surface area contributed by atoms with Gasteiger partial charge in [-0.15, -0.1) is 0 Å². The molecule has 0 saturated carbocycles. The lowest BCUT2D eigenvalue weighted by Crippen LogP contribution is -2.40. The summed E-state index contributed by atoms with van der Waals surface area (Å²) in [6, 6.07) is 0.626. The largest absolute Gasteiger partial charge is 0.305 e. The molecular weight excluding hydrogens is 150 g/mol. The van der Waals surface area contributed by atoms with E-state index in [9.17, 15) is 4.79 Å². The monoisotopic (exact) mass is 169 g/mol. The first-order valence-electron chi connectivity index (χ1n) is 4.71. The minimum atomic E-state index is -0.193. The Labute approximate surface area is 74.7 Å². The second-order valence-corrected chi connectivity index (χ2v) is 4.81. The second-order valence-electron chi connectivity index (χ2n) is 4.81. The van der Waals surface area contributed by atoms with Gasteiger partial charge in [-0.25, -0.2) is 0 Å². The number of carbonyl (C=O) groups is 1. The predicted octanol–water partition coefficient (Wildman–Crippen LogP) is 1.74. The highest BCUT2D eigenvalue weighted by atomic mass is 16.1. The van der Waals surface area contributed by atoms with Gasteiger partial charge in [-0.3, -0.25) is 4.79 Å². The van der Waals surface area contributed by atoms with Gasteiger partial charge in [0.25, 0.3) is 0 Å². The Morgan fingerprint density at radius 3 is 2.25 bits per heavy atom. The predicted molar refractivity (Wildman–Crippen MR) is 50.1 cm³/mol. The summed E-state index contributed by atoms with van der Waals surface area (Å²) in [6.45, 7) is 8.09. The van der Waals surface area contributed by atoms with Crippen molar-refractivity contribution in [1.82, 2.24) is 5.32 Å². The summed E-state index contributed by atoms with van der Waals surface area (Å²) in [5.74, 6) is 0.354. The maximum absolute atomic E-state index is 11.7. The molecule has 1 fully saturated rings. The highest BCUT2D eigenvalue weighted by Crippen LogP contribution is 2.22. The summed E-state index contributed by atoms with van der Waals surface area (Å²) in [6.07, 6.45) is 2.14. The van der Waals surface area contributed by atoms with Crippen LogP contribution < -0.4 is 5.32 Å². The van der Waals surface area contributed by atoms with Crippen molar-refractivity contribution >= 4 is 5.78 Å². The minimum absolute atomic E-state index is 0.111. The van der Waals surface area contributed by atoms with E-state index >= 15 is 0 Å². The van der Waals surface area contributed by atoms with E-state index in [2.05, 4.69) is 12.2 Å². The molecule has 1 rings (SSSR count). The molecule has 0 radical (unpaired) electrons. The molecule has 0 aromatic carbocycles. The maximum Gasteiger partial charge on any atom is 0.155 e. The van der Waals surface area contributed by atoms with Gasteiger partial charge < -0.3 is 5.32 Å². The number of ketones is 1. The highest BCUT2D eigenvalue weighted by molar-refractivity contribution is 5.88. The summed E-state index contributed by atoms with van der Waals surface area (Å²) in [4.78, 5) is 11.7. The van der Waals surface area contributed by atoms with E-state index in [1.807, 2.05) is 20.8 Å². The first kappa shape index (κ1) is 9.72. The van der Waals surface area contributed by atoms with Crippen molar-refractivity contribution in [1.29, 1.82) is 0 Å². The molecule has 0 aliphatic carbocycles. The highest BCUT2D eigenvalue weighted by Gasteiger charge is 2.33. The van der Waals surface area contributed by atoms with Crippen LogP contribution in [0.25, 0.3) is 0 Å². The maximum atomic E-state index is 11.7. The summed E-state index contributed by atoms with van der Waals surface area (Å²) in [5, 5.41) is 3.31. The quantitative estimate of drug-likeness (QED) is 0.648. The van der Waals surface area contributed by atoms with Crippen molar-refractivity contribution in [3.8, 4) is 0 Å². The molecule has 0 spiro atoms. The summed E-state index contributed by atoms with van der Waals surface area (Å²) < 4.78 is 0. The molecule has 1 aliphatic rings. The molecule has 2 heteroatoms. The van der Waals surface area contributed by atoms with Crippen LogP contribution in [0.1, 0.15) is 40.5 Å². The molecule has 0 aromatic rings. The molecule has 1 heterocycles. The van der Waals surface area contributed by atoms with Crippen molar-refractivity contribution in [2.75, 3.05) is 0 Å². The lowest BCUT2D eigenvalue weighted by Gasteiger charge is -2.21. The van der Waals surface area contributed by atoms with E-state index in [0.717, 1.165) is 12.8 Å². The molecule has 0 unspecified atom stereocenters. The third-order valence-electron chi connectivity index (χ3n) is 2.43. The van der Waals surface area contributed by atoms with E-state index in [-0.39, 0.29) is 11.5 Å². The van der Waals surface area contributed by atoms with Crippen LogP contribution in [0.3, 0.4) is 0 Å². The van der Waals surface area contributed by atoms with Crippen molar-refractivity contribution < 1.29 is 4.79 Å². The Kier molecular flexibility index (Phi) is 2.57. The Morgan fingerprint density at radius 2 is 1.92 bits per heavy atom. The van der Waals surface area contributed by atoms with E-state index in [4.69, 9.17) is 0 Å². The lowest BCUT2D eigenvalue weighted by atomic mass is 9.86. The SMILES string of the molecule is C[C@@H]1CC[C@@H](C(=O)C(C)(C)C)N1. The Balaban J connectivity index is 2.55. The Bertz CT molecular complexity index is 181. The average Bonchev–Trinajstić information content (AvgIpc) is 2.32. The molecule has 1 N–H and O–H groups in total. The zero-order chi connectivity index (χ0) is 9.35. The summed E-state index contributed by atoms with van der Waals surface area (Å²) in [5.41, 5.74) is -0.193. The van der Waals surface area contributed by atoms with Crippen molar-refractivity contribution in [2.45, 2.75) is 52.6 Å². The molecule has 0 amide bonds. The van der Waals surface area contributed by atoms with Crippen LogP contribution in [0.2, 0.25) is 0 Å². The fraction of sp³-hybridized carbons (Fsp3) is 0.900. The van der Waals surface area contributed by atoms with Crippen molar-refractivity contribution in [2.24, 2.45) is 5.41 Å². The van der Waals surface area contributed by atoms with Crippen LogP contribution in [0.15, 0.2) is 0 Å². The number of hydrogen-bond donors (Lipinski definition) is 1. The number of rotatable bonds is 1. The smallest absolute Gasteiger partial charge is 0.155 e. The molecule has 70 valence electrons. The van der Waals surface area contributed by atoms with Gasteiger partial charge in [0.15, 0.2) is 5.78 Å². The normalized spacial score (nSPS) is 30.7. The van der Waals surface area contributed by atoms with E-state index < -0.39 is 0 Å². The van der Waals surface area contributed by atoms with Crippen molar-refractivity contribution in [3.05, 3.63) is 0 Å². The van der Waals surface area contributed by atoms with E-state index in [1.165, 1.54) is 0 Å². The van der Waals surface area contributed by atoms with E-state index in [0.29, 0.717) is 11.8 Å². The fourth-order valence-corrected chi connectivity index (χ4v) is 1.66. The third kappa shape index (κ3) is 2.07. The fourth-order valence-electron chi connectivity index (χ4n) is 1.66. The molecule has 2 atom stereocenters. The topological polar surface area (TPSA) is 29.1 Å². The molecule has 0 bridgehead atoms. The van der Waals surface area contributed by atoms with Crippen LogP contribution in [-0.4, -0.2) is 17.9 Å². The average molecular weight is 169 g/mol. The van der Waals surface area contributed by atoms with Crippen LogP contribution in [0.4, 0.5) is 0 Å². The molecular formula is C10H19NO. The van der Waals surface area contributed by atoms with Crippen LogP contribution in [-0.2, 0) is 4.79 Å². The second kappa shape index (κ2) is 3.17. The van der Waals surface area contributed by atoms with Gasteiger partial charge in [0.05, 0.1) is 6.04 Å². The molecule has 12 heavy (non-hydrogen) atoms. The van der Waals surface area contributed by atoms with Gasteiger partial charge in [-0.2, -0.15) is 0 Å². The zero-order valence-corrected chi connectivity index (χ0v) is 8.48. The van der Waals surface area contributed by atoms with Crippen LogP contribution in [0.5, 0.6) is 0 Å². The minimum Gasteiger partial charge on any atom is -0.305 e. The number of carbonyl (C=O) groups excluding carboxylic acids is 1. The van der Waals surface area contributed by atoms with Gasteiger partial charge in [0, 0.05) is 11.5 Å². The summed E-state index contributed by atoms with van der Waals surface area (Å²) >= 11 is 0. The van der Waals surface area contributed by atoms with Gasteiger partial charge in [-0.05, 0) is 19.8 Å². The first-order chi connectivity index (χ1) is 5.41. The van der Waals surface area contributed by atoms with Crippen LogP contribution in [0, 0.1) is 5.41 Å². The molecule has 0 aromatic heterocycles. The third-order valence-corrected chi connectivity index (χ3v) is 2.43. The molecule has 2 nitrogen and oxygen atoms in total. The summed E-state index contributed by atoms with van der Waals surface area (Å²) in [7, 11) is 0. The Hall–Kier alpha value is -0.370. The Morgan fingerprint density at radius 1 is 1.33 bits per heavy atom. The lowest BCUT2D eigenvalue weighted by molar-refractivity contribution is -0.128. The van der Waals surface area contributed by atoms with E-state index in [1.54, 1.807) is 0 Å². The number of Topliss-reactive ketones (excluding diaryl/α,β-unsaturated/α-hetero) is 1. The first-order valence-corrected chi connectivity index (χ1v) is 4.71. The van der Waals surface area contributed by atoms with Gasteiger partial charge in [0.1, 0.15) is 0 Å². The number of hydrogen-bond acceptors (Lipinski definition) is 2. The van der Waals surface area contributed by atoms with Gasteiger partial charge in [0.2, 0.25) is 0 Å².